The van der Waals surface area contributed by atoms with E-state index in [0.717, 1.165) is 16.5 Å². The summed E-state index contributed by atoms with van der Waals surface area (Å²) in [6.07, 6.45) is 5.22. The maximum atomic E-state index is 11.9. The van der Waals surface area contributed by atoms with Crippen molar-refractivity contribution >= 4 is 28.5 Å². The molecule has 1 heterocycles. The third-order valence-electron chi connectivity index (χ3n) is 3.95. The Hall–Kier alpha value is -2.89. The van der Waals surface area contributed by atoms with Crippen LogP contribution in [0, 0.1) is 0 Å². The van der Waals surface area contributed by atoms with Crippen LogP contribution in [-0.4, -0.2) is 40.7 Å². The Morgan fingerprint density at radius 2 is 1.92 bits per heavy atom. The van der Waals surface area contributed by atoms with Gasteiger partial charge in [0.25, 0.3) is 0 Å². The van der Waals surface area contributed by atoms with E-state index < -0.39 is 0 Å². The molecule has 0 aliphatic carbocycles. The SMILES string of the molecule is COc1ccc2c(CCN(/C=C/C(C)=O)C(C)=O)cn(C(C)=O)c2c1. The van der Waals surface area contributed by atoms with Gasteiger partial charge in [-0.1, -0.05) is 0 Å². The number of aromatic nitrogens is 1. The van der Waals surface area contributed by atoms with Gasteiger partial charge in [0.1, 0.15) is 5.75 Å². The van der Waals surface area contributed by atoms with Gasteiger partial charge in [0.2, 0.25) is 11.8 Å². The molecule has 2 rings (SSSR count). The van der Waals surface area contributed by atoms with E-state index in [9.17, 15) is 14.4 Å². The summed E-state index contributed by atoms with van der Waals surface area (Å²) in [5.41, 5.74) is 1.73. The first-order valence-corrected chi connectivity index (χ1v) is 7.98. The van der Waals surface area contributed by atoms with E-state index in [1.165, 1.54) is 37.9 Å². The van der Waals surface area contributed by atoms with E-state index in [2.05, 4.69) is 0 Å². The van der Waals surface area contributed by atoms with E-state index in [0.29, 0.717) is 18.7 Å². The van der Waals surface area contributed by atoms with Gasteiger partial charge in [0.05, 0.1) is 12.6 Å². The van der Waals surface area contributed by atoms with Gasteiger partial charge in [0.15, 0.2) is 5.78 Å². The molecule has 2 aromatic rings. The zero-order valence-electron chi connectivity index (χ0n) is 14.9. The molecule has 0 spiro atoms. The second kappa shape index (κ2) is 7.79. The van der Waals surface area contributed by atoms with Crippen molar-refractivity contribution in [3.8, 4) is 5.75 Å². The average Bonchev–Trinajstić information content (AvgIpc) is 2.92. The van der Waals surface area contributed by atoms with Crippen LogP contribution in [0.25, 0.3) is 10.9 Å². The lowest BCUT2D eigenvalue weighted by Gasteiger charge is -2.15. The van der Waals surface area contributed by atoms with Crippen LogP contribution < -0.4 is 4.74 Å². The Morgan fingerprint density at radius 3 is 2.48 bits per heavy atom. The van der Waals surface area contributed by atoms with E-state index in [1.54, 1.807) is 17.9 Å². The van der Waals surface area contributed by atoms with E-state index >= 15 is 0 Å². The van der Waals surface area contributed by atoms with Crippen LogP contribution in [0.2, 0.25) is 0 Å². The largest absolute Gasteiger partial charge is 0.497 e. The Kier molecular flexibility index (Phi) is 5.75. The van der Waals surface area contributed by atoms with Crippen molar-refractivity contribution in [1.29, 1.82) is 0 Å². The van der Waals surface area contributed by atoms with Crippen LogP contribution in [0.1, 0.15) is 31.1 Å². The lowest BCUT2D eigenvalue weighted by molar-refractivity contribution is -0.126. The zero-order valence-corrected chi connectivity index (χ0v) is 14.9. The van der Waals surface area contributed by atoms with Crippen LogP contribution >= 0.6 is 0 Å². The van der Waals surface area contributed by atoms with Crippen molar-refractivity contribution in [3.05, 3.63) is 42.2 Å². The van der Waals surface area contributed by atoms with Gasteiger partial charge in [0, 0.05) is 44.2 Å². The summed E-state index contributed by atoms with van der Waals surface area (Å²) >= 11 is 0. The number of amides is 1. The normalized spacial score (nSPS) is 11.0. The topological polar surface area (TPSA) is 68.6 Å². The minimum absolute atomic E-state index is 0.0931. The Labute approximate surface area is 146 Å². The standard InChI is InChI=1S/C19H22N2O4/c1-13(22)7-9-20(14(2)23)10-8-16-12-21(15(3)24)19-11-17(25-4)5-6-18(16)19/h5-7,9,11-12H,8,10H2,1-4H3/b9-7+. The fourth-order valence-electron chi connectivity index (χ4n) is 2.64. The molecule has 0 aliphatic rings. The number of nitrogens with zero attached hydrogens (tertiary/aromatic N) is 2. The highest BCUT2D eigenvalue weighted by Crippen LogP contribution is 2.26. The fourth-order valence-corrected chi connectivity index (χ4v) is 2.64. The number of methoxy groups -OCH3 is 1. The quantitative estimate of drug-likeness (QED) is 0.757. The van der Waals surface area contributed by atoms with Gasteiger partial charge >= 0.3 is 0 Å². The molecule has 1 aromatic carbocycles. The van der Waals surface area contributed by atoms with Crippen molar-refractivity contribution in [2.24, 2.45) is 0 Å². The zero-order chi connectivity index (χ0) is 18.6. The summed E-state index contributed by atoms with van der Waals surface area (Å²) in [4.78, 5) is 36.2. The molecule has 0 saturated heterocycles. The number of fused-ring (bicyclic) bond motifs is 1. The van der Waals surface area contributed by atoms with Crippen LogP contribution in [0.5, 0.6) is 5.75 Å². The Balaban J connectivity index is 2.33. The lowest BCUT2D eigenvalue weighted by Crippen LogP contribution is -2.25. The molecule has 0 bridgehead atoms. The summed E-state index contributed by atoms with van der Waals surface area (Å²) in [6.45, 7) is 4.80. The van der Waals surface area contributed by atoms with Gasteiger partial charge < -0.3 is 9.64 Å². The van der Waals surface area contributed by atoms with Gasteiger partial charge in [-0.2, -0.15) is 0 Å². The van der Waals surface area contributed by atoms with Gasteiger partial charge in [-0.15, -0.1) is 0 Å². The van der Waals surface area contributed by atoms with Crippen LogP contribution in [0.4, 0.5) is 0 Å². The third-order valence-corrected chi connectivity index (χ3v) is 3.95. The fraction of sp³-hybridized carbons (Fsp3) is 0.316. The molecule has 132 valence electrons. The van der Waals surface area contributed by atoms with Crippen molar-refractivity contribution in [3.63, 3.8) is 0 Å². The Bertz CT molecular complexity index is 848. The summed E-state index contributed by atoms with van der Waals surface area (Å²) in [7, 11) is 1.58. The summed E-state index contributed by atoms with van der Waals surface area (Å²) in [5.74, 6) is 0.319. The van der Waals surface area contributed by atoms with Crippen molar-refractivity contribution in [2.75, 3.05) is 13.7 Å². The number of rotatable bonds is 6. The molecule has 1 aromatic heterocycles. The number of carbonyl (C=O) groups is 3. The van der Waals surface area contributed by atoms with Gasteiger partial charge in [-0.05, 0) is 37.1 Å². The van der Waals surface area contributed by atoms with E-state index in [1.807, 2.05) is 18.2 Å². The number of ether oxygens (including phenoxy) is 1. The summed E-state index contributed by atoms with van der Waals surface area (Å²) in [5, 5.41) is 0.940. The minimum Gasteiger partial charge on any atom is -0.497 e. The van der Waals surface area contributed by atoms with Gasteiger partial charge in [-0.3, -0.25) is 19.0 Å². The first-order chi connectivity index (χ1) is 11.8. The molecule has 0 radical (unpaired) electrons. The maximum Gasteiger partial charge on any atom is 0.227 e. The van der Waals surface area contributed by atoms with Crippen LogP contribution in [-0.2, 0) is 16.0 Å². The number of ketones is 1. The molecule has 0 N–H and O–H groups in total. The average molecular weight is 342 g/mol. The van der Waals surface area contributed by atoms with Crippen molar-refractivity contribution < 1.29 is 19.1 Å². The number of benzene rings is 1. The second-order valence-corrected chi connectivity index (χ2v) is 5.82. The molecule has 0 unspecified atom stereocenters. The van der Waals surface area contributed by atoms with E-state index in [-0.39, 0.29) is 17.6 Å². The molecular formula is C19H22N2O4. The smallest absolute Gasteiger partial charge is 0.227 e. The number of hydrogen-bond acceptors (Lipinski definition) is 4. The molecule has 0 saturated carbocycles. The monoisotopic (exact) mass is 342 g/mol. The molecule has 0 fully saturated rings. The summed E-state index contributed by atoms with van der Waals surface area (Å²) < 4.78 is 6.81. The molecule has 0 atom stereocenters. The molecule has 1 amide bonds. The maximum absolute atomic E-state index is 11.9. The Morgan fingerprint density at radius 1 is 1.20 bits per heavy atom. The van der Waals surface area contributed by atoms with Crippen molar-refractivity contribution in [2.45, 2.75) is 27.2 Å². The second-order valence-electron chi connectivity index (χ2n) is 5.82. The number of allylic oxidation sites excluding steroid dienone is 1. The van der Waals surface area contributed by atoms with Crippen LogP contribution in [0.15, 0.2) is 36.7 Å². The molecule has 0 aliphatic heterocycles. The molecular weight excluding hydrogens is 320 g/mol. The summed E-state index contributed by atoms with van der Waals surface area (Å²) in [6, 6.07) is 5.57. The highest BCUT2D eigenvalue weighted by molar-refractivity contribution is 5.94. The van der Waals surface area contributed by atoms with Gasteiger partial charge in [-0.25, -0.2) is 0 Å². The third kappa shape index (κ3) is 4.35. The van der Waals surface area contributed by atoms with Crippen molar-refractivity contribution in [1.82, 2.24) is 9.47 Å². The predicted octanol–water partition coefficient (Wildman–Crippen LogP) is 2.80. The highest BCUT2D eigenvalue weighted by atomic mass is 16.5. The number of hydrogen-bond donors (Lipinski definition) is 0. The first kappa shape index (κ1) is 18.4. The molecule has 25 heavy (non-hydrogen) atoms. The first-order valence-electron chi connectivity index (χ1n) is 7.98. The molecule has 6 nitrogen and oxygen atoms in total. The number of carbonyl (C=O) groups excluding carboxylic acids is 3. The highest BCUT2D eigenvalue weighted by Gasteiger charge is 2.14. The predicted molar refractivity (Wildman–Crippen MR) is 95.7 cm³/mol. The minimum atomic E-state index is -0.144. The van der Waals surface area contributed by atoms with Crippen LogP contribution in [0.3, 0.4) is 0 Å². The lowest BCUT2D eigenvalue weighted by atomic mass is 10.1. The van der Waals surface area contributed by atoms with E-state index in [4.69, 9.17) is 4.74 Å². The molecule has 6 heteroatoms.